The molecule has 116 valence electrons. The zero-order valence-corrected chi connectivity index (χ0v) is 12.9. The highest BCUT2D eigenvalue weighted by Gasteiger charge is 2.32. The SMILES string of the molecule is CC1CN2CCCCC2CN1Cc1cc(F)ccc1CN. The first-order valence-corrected chi connectivity index (χ1v) is 8.13. The van der Waals surface area contributed by atoms with Gasteiger partial charge < -0.3 is 5.73 Å². The van der Waals surface area contributed by atoms with E-state index in [4.69, 9.17) is 5.73 Å². The molecule has 2 aliphatic heterocycles. The number of hydrogen-bond donors (Lipinski definition) is 1. The first-order chi connectivity index (χ1) is 10.2. The number of benzene rings is 1. The van der Waals surface area contributed by atoms with E-state index in [0.29, 0.717) is 18.6 Å². The van der Waals surface area contributed by atoms with E-state index in [1.54, 1.807) is 6.07 Å². The summed E-state index contributed by atoms with van der Waals surface area (Å²) >= 11 is 0. The van der Waals surface area contributed by atoms with Crippen LogP contribution in [0, 0.1) is 5.82 Å². The number of rotatable bonds is 3. The summed E-state index contributed by atoms with van der Waals surface area (Å²) in [5.41, 5.74) is 7.91. The first kappa shape index (κ1) is 14.9. The Labute approximate surface area is 126 Å². The van der Waals surface area contributed by atoms with Crippen LogP contribution in [0.15, 0.2) is 18.2 Å². The van der Waals surface area contributed by atoms with Crippen LogP contribution in [0.1, 0.15) is 37.3 Å². The van der Waals surface area contributed by atoms with E-state index in [9.17, 15) is 4.39 Å². The van der Waals surface area contributed by atoms with Crippen molar-refractivity contribution in [2.24, 2.45) is 5.73 Å². The second-order valence-electron chi connectivity index (χ2n) is 6.54. The summed E-state index contributed by atoms with van der Waals surface area (Å²) < 4.78 is 13.5. The molecule has 21 heavy (non-hydrogen) atoms. The van der Waals surface area contributed by atoms with E-state index in [2.05, 4.69) is 16.7 Å². The molecule has 0 aliphatic carbocycles. The fourth-order valence-electron chi connectivity index (χ4n) is 3.79. The van der Waals surface area contributed by atoms with E-state index < -0.39 is 0 Å². The summed E-state index contributed by atoms with van der Waals surface area (Å²) in [7, 11) is 0. The van der Waals surface area contributed by atoms with Crippen molar-refractivity contribution in [1.29, 1.82) is 0 Å². The highest BCUT2D eigenvalue weighted by molar-refractivity contribution is 5.28. The lowest BCUT2D eigenvalue weighted by Gasteiger charge is -2.47. The lowest BCUT2D eigenvalue weighted by atomic mass is 9.96. The molecule has 2 unspecified atom stereocenters. The van der Waals surface area contributed by atoms with Crippen molar-refractivity contribution in [3.05, 3.63) is 35.1 Å². The Hall–Kier alpha value is -0.970. The van der Waals surface area contributed by atoms with E-state index in [1.165, 1.54) is 31.9 Å². The number of fused-ring (bicyclic) bond motifs is 1. The molecule has 2 atom stereocenters. The monoisotopic (exact) mass is 291 g/mol. The molecule has 0 spiro atoms. The maximum absolute atomic E-state index is 13.5. The van der Waals surface area contributed by atoms with Gasteiger partial charge in [0.05, 0.1) is 0 Å². The average Bonchev–Trinajstić information content (AvgIpc) is 2.48. The Bertz CT molecular complexity index is 491. The molecule has 0 radical (unpaired) electrons. The summed E-state index contributed by atoms with van der Waals surface area (Å²) in [4.78, 5) is 5.14. The maximum Gasteiger partial charge on any atom is 0.123 e. The molecule has 2 N–H and O–H groups in total. The highest BCUT2D eigenvalue weighted by Crippen LogP contribution is 2.26. The van der Waals surface area contributed by atoms with E-state index >= 15 is 0 Å². The quantitative estimate of drug-likeness (QED) is 0.928. The number of nitrogens with zero attached hydrogens (tertiary/aromatic N) is 2. The largest absolute Gasteiger partial charge is 0.326 e. The Morgan fingerprint density at radius 3 is 2.90 bits per heavy atom. The van der Waals surface area contributed by atoms with Gasteiger partial charge in [0, 0.05) is 38.3 Å². The van der Waals surface area contributed by atoms with E-state index in [1.807, 2.05) is 6.07 Å². The summed E-state index contributed by atoms with van der Waals surface area (Å²) in [6.07, 6.45) is 3.98. The van der Waals surface area contributed by atoms with Crippen molar-refractivity contribution in [2.45, 2.75) is 51.4 Å². The Morgan fingerprint density at radius 1 is 1.24 bits per heavy atom. The van der Waals surface area contributed by atoms with Gasteiger partial charge in [0.15, 0.2) is 0 Å². The Kier molecular flexibility index (Phi) is 4.57. The first-order valence-electron chi connectivity index (χ1n) is 8.13. The van der Waals surface area contributed by atoms with Gasteiger partial charge >= 0.3 is 0 Å². The molecular weight excluding hydrogens is 265 g/mol. The average molecular weight is 291 g/mol. The molecule has 3 rings (SSSR count). The summed E-state index contributed by atoms with van der Waals surface area (Å²) in [6, 6.07) is 6.20. The third kappa shape index (κ3) is 3.28. The van der Waals surface area contributed by atoms with Crippen molar-refractivity contribution < 1.29 is 4.39 Å². The predicted octanol–water partition coefficient (Wildman–Crippen LogP) is 2.34. The van der Waals surface area contributed by atoms with Gasteiger partial charge in [-0.3, -0.25) is 9.80 Å². The molecule has 0 bridgehead atoms. The molecule has 4 heteroatoms. The van der Waals surface area contributed by atoms with Crippen LogP contribution in [0.25, 0.3) is 0 Å². The predicted molar refractivity (Wildman–Crippen MR) is 83.4 cm³/mol. The topological polar surface area (TPSA) is 32.5 Å². The van der Waals surface area contributed by atoms with Crippen LogP contribution >= 0.6 is 0 Å². The molecule has 0 amide bonds. The van der Waals surface area contributed by atoms with Gasteiger partial charge in [-0.2, -0.15) is 0 Å². The number of hydrogen-bond acceptors (Lipinski definition) is 3. The lowest BCUT2D eigenvalue weighted by molar-refractivity contribution is 0.0109. The molecule has 3 nitrogen and oxygen atoms in total. The zero-order chi connectivity index (χ0) is 14.8. The van der Waals surface area contributed by atoms with Gasteiger partial charge in [0.2, 0.25) is 0 Å². The minimum absolute atomic E-state index is 0.161. The third-order valence-corrected chi connectivity index (χ3v) is 5.08. The van der Waals surface area contributed by atoms with Crippen LogP contribution in [0.5, 0.6) is 0 Å². The molecule has 0 aromatic heterocycles. The van der Waals surface area contributed by atoms with Gasteiger partial charge in [-0.05, 0) is 49.6 Å². The summed E-state index contributed by atoms with van der Waals surface area (Å²) in [5.74, 6) is -0.161. The van der Waals surface area contributed by atoms with Crippen molar-refractivity contribution in [2.75, 3.05) is 19.6 Å². The number of nitrogens with two attached hydrogens (primary N) is 1. The number of piperazine rings is 1. The van der Waals surface area contributed by atoms with Crippen molar-refractivity contribution in [3.63, 3.8) is 0 Å². The minimum atomic E-state index is -0.161. The molecule has 2 saturated heterocycles. The molecule has 0 saturated carbocycles. The highest BCUT2D eigenvalue weighted by atomic mass is 19.1. The Balaban J connectivity index is 1.73. The van der Waals surface area contributed by atoms with Crippen molar-refractivity contribution in [3.8, 4) is 0 Å². The molecular formula is C17H26FN3. The molecule has 2 aliphatic rings. The Morgan fingerprint density at radius 2 is 2.10 bits per heavy atom. The number of piperidine rings is 1. The maximum atomic E-state index is 13.5. The normalized spacial score (nSPS) is 27.6. The fraction of sp³-hybridized carbons (Fsp3) is 0.647. The van der Waals surface area contributed by atoms with Crippen LogP contribution < -0.4 is 5.73 Å². The minimum Gasteiger partial charge on any atom is -0.326 e. The molecule has 1 aromatic rings. The van der Waals surface area contributed by atoms with Gasteiger partial charge in [-0.25, -0.2) is 4.39 Å². The second-order valence-corrected chi connectivity index (χ2v) is 6.54. The van der Waals surface area contributed by atoms with Crippen LogP contribution in [-0.2, 0) is 13.1 Å². The van der Waals surface area contributed by atoms with Crippen LogP contribution in [0.2, 0.25) is 0 Å². The van der Waals surface area contributed by atoms with E-state index in [0.717, 1.165) is 30.8 Å². The van der Waals surface area contributed by atoms with E-state index in [-0.39, 0.29) is 5.82 Å². The smallest absolute Gasteiger partial charge is 0.123 e. The van der Waals surface area contributed by atoms with Gasteiger partial charge in [0.1, 0.15) is 5.82 Å². The van der Waals surface area contributed by atoms with Gasteiger partial charge in [-0.1, -0.05) is 12.5 Å². The zero-order valence-electron chi connectivity index (χ0n) is 12.9. The number of halogens is 1. The van der Waals surface area contributed by atoms with Gasteiger partial charge in [-0.15, -0.1) is 0 Å². The summed E-state index contributed by atoms with van der Waals surface area (Å²) in [5, 5.41) is 0. The standard InChI is InChI=1S/C17H26FN3/c1-13-10-20-7-3-2-4-17(20)12-21(13)11-15-8-16(18)6-5-14(15)9-19/h5-6,8,13,17H,2-4,7,9-12,19H2,1H3. The molecule has 2 heterocycles. The molecule has 2 fully saturated rings. The fourth-order valence-corrected chi connectivity index (χ4v) is 3.79. The van der Waals surface area contributed by atoms with Gasteiger partial charge in [0.25, 0.3) is 0 Å². The van der Waals surface area contributed by atoms with Crippen molar-refractivity contribution >= 4 is 0 Å². The lowest BCUT2D eigenvalue weighted by Crippen LogP contribution is -2.58. The summed E-state index contributed by atoms with van der Waals surface area (Å²) in [6.45, 7) is 7.06. The third-order valence-electron chi connectivity index (χ3n) is 5.08. The molecule has 1 aromatic carbocycles. The van der Waals surface area contributed by atoms with Crippen LogP contribution in [0.4, 0.5) is 4.39 Å². The second kappa shape index (κ2) is 6.42. The van der Waals surface area contributed by atoms with Crippen LogP contribution in [0.3, 0.4) is 0 Å². The van der Waals surface area contributed by atoms with Crippen LogP contribution in [-0.4, -0.2) is 41.5 Å². The van der Waals surface area contributed by atoms with Crippen molar-refractivity contribution in [1.82, 2.24) is 9.80 Å².